The van der Waals surface area contributed by atoms with E-state index in [-0.39, 0.29) is 16.5 Å². The summed E-state index contributed by atoms with van der Waals surface area (Å²) >= 11 is 1.19. The van der Waals surface area contributed by atoms with Gasteiger partial charge in [0.1, 0.15) is 6.07 Å². The van der Waals surface area contributed by atoms with Crippen molar-refractivity contribution in [1.82, 2.24) is 0 Å². The highest BCUT2D eigenvalue weighted by molar-refractivity contribution is 7.12. The summed E-state index contributed by atoms with van der Waals surface area (Å²) < 4.78 is 5.23. The third-order valence-corrected chi connectivity index (χ3v) is 3.22. The van der Waals surface area contributed by atoms with Crippen molar-refractivity contribution in [2.24, 2.45) is 4.99 Å². The summed E-state index contributed by atoms with van der Waals surface area (Å²) in [4.78, 5) is 15.5. The molecule has 0 unspecified atom stereocenters. The van der Waals surface area contributed by atoms with Crippen LogP contribution in [0.2, 0.25) is 0 Å². The maximum Gasteiger partial charge on any atom is 0.283 e. The van der Waals surface area contributed by atoms with Crippen LogP contribution in [0.4, 0.5) is 0 Å². The molecule has 0 fully saturated rings. The number of rotatable bonds is 1. The van der Waals surface area contributed by atoms with Crippen LogP contribution in [0.5, 0.6) is 0 Å². The number of amides is 1. The smallest absolute Gasteiger partial charge is 0.283 e. The lowest BCUT2D eigenvalue weighted by molar-refractivity contribution is -0.116. The number of nitriles is 1. The van der Waals surface area contributed by atoms with Gasteiger partial charge in [-0.05, 0) is 12.5 Å². The average molecular weight is 258 g/mol. The summed E-state index contributed by atoms with van der Waals surface area (Å²) in [6.45, 7) is 3.33. The largest absolute Gasteiger partial charge is 0.418 e. The van der Waals surface area contributed by atoms with Gasteiger partial charge in [0, 0.05) is 6.92 Å². The molecule has 4 nitrogen and oxygen atoms in total. The van der Waals surface area contributed by atoms with Gasteiger partial charge in [0.05, 0.1) is 4.88 Å². The predicted octanol–water partition coefficient (Wildman–Crippen LogP) is 2.64. The molecule has 2 rings (SSSR count). The Kier molecular flexibility index (Phi) is 3.40. The van der Waals surface area contributed by atoms with Crippen LogP contribution in [-0.2, 0) is 4.79 Å². The number of carbonyl (C=O) groups is 1. The van der Waals surface area contributed by atoms with Crippen LogP contribution in [-0.4, -0.2) is 5.91 Å². The molecule has 0 aliphatic carbocycles. The Morgan fingerprint density at radius 3 is 2.61 bits per heavy atom. The number of nitrogens with zero attached hydrogens (tertiary/aromatic N) is 2. The highest BCUT2D eigenvalue weighted by Crippen LogP contribution is 2.26. The number of hydrogen-bond donors (Lipinski definition) is 0. The van der Waals surface area contributed by atoms with Gasteiger partial charge in [-0.25, -0.2) is 0 Å². The van der Waals surface area contributed by atoms with Crippen molar-refractivity contribution in [3.8, 4) is 16.5 Å². The van der Waals surface area contributed by atoms with Gasteiger partial charge in [-0.15, -0.1) is 0 Å². The van der Waals surface area contributed by atoms with Gasteiger partial charge in [-0.2, -0.15) is 10.3 Å². The molecule has 0 aliphatic rings. The van der Waals surface area contributed by atoms with Crippen LogP contribution in [0, 0.1) is 18.3 Å². The lowest BCUT2D eigenvalue weighted by Gasteiger charge is -1.96. The number of carbonyl (C=O) groups excluding carboxylic acids is 1. The van der Waals surface area contributed by atoms with Crippen LogP contribution in [0.3, 0.4) is 0 Å². The van der Waals surface area contributed by atoms with E-state index in [0.29, 0.717) is 4.88 Å². The molecule has 0 spiro atoms. The van der Waals surface area contributed by atoms with E-state index in [1.807, 2.05) is 37.3 Å². The first-order chi connectivity index (χ1) is 8.60. The zero-order valence-corrected chi connectivity index (χ0v) is 10.7. The molecule has 1 amide bonds. The molecule has 2 aromatic rings. The molecule has 0 saturated heterocycles. The van der Waals surface area contributed by atoms with Crippen molar-refractivity contribution < 1.29 is 9.21 Å². The Bertz CT molecular complexity index is 687. The Balaban J connectivity index is 2.58. The number of benzene rings is 1. The minimum atomic E-state index is -0.347. The first-order valence-electron chi connectivity index (χ1n) is 5.26. The maximum atomic E-state index is 10.9. The Morgan fingerprint density at radius 1 is 1.39 bits per heavy atom. The van der Waals surface area contributed by atoms with Gasteiger partial charge in [-0.3, -0.25) is 4.79 Å². The second-order valence-electron chi connectivity index (χ2n) is 3.74. The van der Waals surface area contributed by atoms with E-state index in [1.54, 1.807) is 0 Å². The summed E-state index contributed by atoms with van der Waals surface area (Å²) in [6.07, 6.45) is 0. The molecule has 0 N–H and O–H groups in total. The van der Waals surface area contributed by atoms with Crippen molar-refractivity contribution in [3.63, 3.8) is 0 Å². The lowest BCUT2D eigenvalue weighted by Crippen LogP contribution is -1.95. The van der Waals surface area contributed by atoms with Crippen molar-refractivity contribution >= 4 is 17.2 Å². The molecular weight excluding hydrogens is 248 g/mol. The van der Waals surface area contributed by atoms with Crippen molar-refractivity contribution in [2.45, 2.75) is 13.8 Å². The SMILES string of the molecule is CC(=O)N=c1oc(C#N)c(-c2ccc(C)cc2)s1. The molecule has 18 heavy (non-hydrogen) atoms. The van der Waals surface area contributed by atoms with E-state index in [9.17, 15) is 4.79 Å². The van der Waals surface area contributed by atoms with Crippen LogP contribution < -0.4 is 4.87 Å². The van der Waals surface area contributed by atoms with E-state index < -0.39 is 0 Å². The van der Waals surface area contributed by atoms with Crippen molar-refractivity contribution in [1.29, 1.82) is 5.26 Å². The van der Waals surface area contributed by atoms with Crippen LogP contribution in [0.25, 0.3) is 10.4 Å². The topological polar surface area (TPSA) is 66.4 Å². The average Bonchev–Trinajstić information content (AvgIpc) is 2.72. The van der Waals surface area contributed by atoms with Crippen LogP contribution >= 0.6 is 11.3 Å². The fourth-order valence-corrected chi connectivity index (χ4v) is 2.34. The summed E-state index contributed by atoms with van der Waals surface area (Å²) in [5, 5.41) is 9.02. The molecule has 1 heterocycles. The molecule has 1 aromatic carbocycles. The number of aryl methyl sites for hydroxylation is 1. The molecule has 1 aromatic heterocycles. The predicted molar refractivity (Wildman–Crippen MR) is 67.7 cm³/mol. The summed E-state index contributed by atoms with van der Waals surface area (Å²) in [6, 6.07) is 9.71. The third-order valence-electron chi connectivity index (χ3n) is 2.25. The fraction of sp³-hybridized carbons (Fsp3) is 0.154. The molecule has 90 valence electrons. The first kappa shape index (κ1) is 12.3. The first-order valence-corrected chi connectivity index (χ1v) is 6.08. The summed E-state index contributed by atoms with van der Waals surface area (Å²) in [5.41, 5.74) is 2.02. The molecular formula is C13H10N2O2S. The highest BCUT2D eigenvalue weighted by atomic mass is 32.1. The summed E-state index contributed by atoms with van der Waals surface area (Å²) in [5.74, 6) is -0.163. The number of hydrogen-bond acceptors (Lipinski definition) is 4. The molecule has 0 aliphatic heterocycles. The fourth-order valence-electron chi connectivity index (χ4n) is 1.43. The third kappa shape index (κ3) is 2.55. The normalized spacial score (nSPS) is 11.3. The monoisotopic (exact) mass is 258 g/mol. The second-order valence-corrected chi connectivity index (χ2v) is 4.70. The van der Waals surface area contributed by atoms with Gasteiger partial charge in [0.2, 0.25) is 11.7 Å². The maximum absolute atomic E-state index is 10.9. The van der Waals surface area contributed by atoms with Crippen LogP contribution in [0.15, 0.2) is 33.7 Å². The van der Waals surface area contributed by atoms with Gasteiger partial charge < -0.3 is 4.42 Å². The van der Waals surface area contributed by atoms with E-state index in [0.717, 1.165) is 11.1 Å². The van der Waals surface area contributed by atoms with Gasteiger partial charge >= 0.3 is 0 Å². The molecule has 0 radical (unpaired) electrons. The molecule has 0 saturated carbocycles. The Labute approximate surface area is 108 Å². The zero-order chi connectivity index (χ0) is 13.1. The van der Waals surface area contributed by atoms with E-state index in [2.05, 4.69) is 4.99 Å². The van der Waals surface area contributed by atoms with E-state index in [4.69, 9.17) is 9.68 Å². The van der Waals surface area contributed by atoms with Crippen LogP contribution in [0.1, 0.15) is 18.2 Å². The standard InChI is InChI=1S/C13H10N2O2S/c1-8-3-5-10(6-4-8)12-11(7-14)17-13(18-12)15-9(2)16/h3-6H,1-2H3. The second kappa shape index (κ2) is 4.98. The van der Waals surface area contributed by atoms with E-state index >= 15 is 0 Å². The molecule has 0 atom stereocenters. The minimum Gasteiger partial charge on any atom is -0.418 e. The summed E-state index contributed by atoms with van der Waals surface area (Å²) in [7, 11) is 0. The van der Waals surface area contributed by atoms with Crippen molar-refractivity contribution in [3.05, 3.63) is 40.5 Å². The molecule has 5 heteroatoms. The highest BCUT2D eigenvalue weighted by Gasteiger charge is 2.11. The van der Waals surface area contributed by atoms with Crippen molar-refractivity contribution in [2.75, 3.05) is 0 Å². The molecule has 0 bridgehead atoms. The zero-order valence-electron chi connectivity index (χ0n) is 9.93. The van der Waals surface area contributed by atoms with Gasteiger partial charge in [0.25, 0.3) is 4.87 Å². The van der Waals surface area contributed by atoms with E-state index in [1.165, 1.54) is 18.3 Å². The van der Waals surface area contributed by atoms with Gasteiger partial charge in [0.15, 0.2) is 0 Å². The Hall–Kier alpha value is -2.19. The van der Waals surface area contributed by atoms with Gasteiger partial charge in [-0.1, -0.05) is 41.2 Å². The Morgan fingerprint density at radius 2 is 2.06 bits per heavy atom. The minimum absolute atomic E-state index is 0.184. The lowest BCUT2D eigenvalue weighted by atomic mass is 10.1. The quantitative estimate of drug-likeness (QED) is 0.789.